The fourth-order valence-electron chi connectivity index (χ4n) is 1.58. The SMILES string of the molecule is N#Cc1ccc(C(=O)NCCc2ccc(Br)s2)cc1. The van der Waals surface area contributed by atoms with Crippen molar-refractivity contribution in [3.63, 3.8) is 0 Å². The quantitative estimate of drug-likeness (QED) is 0.932. The van der Waals surface area contributed by atoms with Gasteiger partial charge in [-0.3, -0.25) is 4.79 Å². The molecular formula is C14H11BrN2OS. The van der Waals surface area contributed by atoms with Crippen LogP contribution in [0.5, 0.6) is 0 Å². The molecule has 1 N–H and O–H groups in total. The molecule has 1 aromatic heterocycles. The van der Waals surface area contributed by atoms with E-state index in [9.17, 15) is 4.79 Å². The summed E-state index contributed by atoms with van der Waals surface area (Å²) in [5, 5.41) is 11.5. The first kappa shape index (κ1) is 13.8. The molecule has 0 saturated heterocycles. The van der Waals surface area contributed by atoms with Gasteiger partial charge in [0.05, 0.1) is 15.4 Å². The Balaban J connectivity index is 1.85. The van der Waals surface area contributed by atoms with Crippen LogP contribution >= 0.6 is 27.3 Å². The average Bonchev–Trinajstić information content (AvgIpc) is 2.84. The molecule has 0 atom stereocenters. The second-order valence-electron chi connectivity index (χ2n) is 3.90. The van der Waals surface area contributed by atoms with Crippen molar-refractivity contribution in [3.05, 3.63) is 56.2 Å². The van der Waals surface area contributed by atoms with Gasteiger partial charge in [0.15, 0.2) is 0 Å². The molecule has 1 amide bonds. The van der Waals surface area contributed by atoms with Crippen LogP contribution in [0.15, 0.2) is 40.2 Å². The third-order valence-corrected chi connectivity index (χ3v) is 4.25. The number of amides is 1. The number of thiophene rings is 1. The van der Waals surface area contributed by atoms with Crippen LogP contribution in [0.4, 0.5) is 0 Å². The lowest BCUT2D eigenvalue weighted by Gasteiger charge is -2.04. The fourth-order valence-corrected chi connectivity index (χ4v) is 3.07. The maximum Gasteiger partial charge on any atom is 0.251 e. The Hall–Kier alpha value is -1.64. The summed E-state index contributed by atoms with van der Waals surface area (Å²) in [6.07, 6.45) is 0.818. The smallest absolute Gasteiger partial charge is 0.251 e. The summed E-state index contributed by atoms with van der Waals surface area (Å²) in [4.78, 5) is 13.1. The molecule has 1 aromatic carbocycles. The number of carbonyl (C=O) groups is 1. The van der Waals surface area contributed by atoms with Gasteiger partial charge in [0.1, 0.15) is 0 Å². The Morgan fingerprint density at radius 1 is 1.26 bits per heavy atom. The fraction of sp³-hybridized carbons (Fsp3) is 0.143. The summed E-state index contributed by atoms with van der Waals surface area (Å²) < 4.78 is 1.10. The number of nitriles is 1. The van der Waals surface area contributed by atoms with Crippen molar-refractivity contribution in [3.8, 4) is 6.07 Å². The molecule has 3 nitrogen and oxygen atoms in total. The molecule has 5 heteroatoms. The minimum absolute atomic E-state index is 0.111. The lowest BCUT2D eigenvalue weighted by Crippen LogP contribution is -2.25. The minimum atomic E-state index is -0.111. The molecule has 0 aliphatic carbocycles. The summed E-state index contributed by atoms with van der Waals surface area (Å²) >= 11 is 5.08. The molecule has 0 fully saturated rings. The molecule has 96 valence electrons. The van der Waals surface area contributed by atoms with Crippen LogP contribution in [0.1, 0.15) is 20.8 Å². The van der Waals surface area contributed by atoms with E-state index in [4.69, 9.17) is 5.26 Å². The maximum absolute atomic E-state index is 11.8. The molecule has 0 bridgehead atoms. The van der Waals surface area contributed by atoms with Gasteiger partial charge < -0.3 is 5.32 Å². The summed E-state index contributed by atoms with van der Waals surface area (Å²) in [5.74, 6) is -0.111. The summed E-state index contributed by atoms with van der Waals surface area (Å²) in [5.41, 5.74) is 1.13. The van der Waals surface area contributed by atoms with E-state index in [-0.39, 0.29) is 5.91 Å². The molecule has 19 heavy (non-hydrogen) atoms. The van der Waals surface area contributed by atoms with E-state index in [1.165, 1.54) is 4.88 Å². The van der Waals surface area contributed by atoms with Crippen LogP contribution in [0.25, 0.3) is 0 Å². The van der Waals surface area contributed by atoms with Crippen molar-refractivity contribution in [2.75, 3.05) is 6.54 Å². The van der Waals surface area contributed by atoms with Crippen LogP contribution in [0.2, 0.25) is 0 Å². The van der Waals surface area contributed by atoms with Gasteiger partial charge in [0.2, 0.25) is 0 Å². The number of carbonyl (C=O) groups excluding carboxylic acids is 1. The summed E-state index contributed by atoms with van der Waals surface area (Å²) in [7, 11) is 0. The maximum atomic E-state index is 11.8. The molecule has 0 aliphatic heterocycles. The molecule has 0 radical (unpaired) electrons. The molecule has 2 aromatic rings. The van der Waals surface area contributed by atoms with Gasteiger partial charge in [0.25, 0.3) is 5.91 Å². The first-order chi connectivity index (χ1) is 9.19. The Morgan fingerprint density at radius 2 is 2.00 bits per heavy atom. The largest absolute Gasteiger partial charge is 0.352 e. The van der Waals surface area contributed by atoms with Gasteiger partial charge >= 0.3 is 0 Å². The minimum Gasteiger partial charge on any atom is -0.352 e. The zero-order valence-corrected chi connectivity index (χ0v) is 12.4. The highest BCUT2D eigenvalue weighted by Crippen LogP contribution is 2.22. The number of nitrogens with one attached hydrogen (secondary N) is 1. The van der Waals surface area contributed by atoms with E-state index in [1.807, 2.05) is 18.2 Å². The normalized spacial score (nSPS) is 9.89. The van der Waals surface area contributed by atoms with E-state index in [0.29, 0.717) is 17.7 Å². The highest BCUT2D eigenvalue weighted by Gasteiger charge is 2.05. The monoisotopic (exact) mass is 334 g/mol. The number of hydrogen-bond donors (Lipinski definition) is 1. The standard InChI is InChI=1S/C14H11BrN2OS/c15-13-6-5-12(19-13)7-8-17-14(18)11-3-1-10(9-16)2-4-11/h1-6H,7-8H2,(H,17,18). The Labute approximate surface area is 124 Å². The number of nitrogens with zero attached hydrogens (tertiary/aromatic N) is 1. The predicted octanol–water partition coefficient (Wildman–Crippen LogP) is 3.35. The van der Waals surface area contributed by atoms with Crippen molar-refractivity contribution in [1.29, 1.82) is 5.26 Å². The molecule has 0 aliphatic rings. The van der Waals surface area contributed by atoms with E-state index in [2.05, 4.69) is 21.2 Å². The van der Waals surface area contributed by atoms with Crippen LogP contribution in [-0.2, 0) is 6.42 Å². The van der Waals surface area contributed by atoms with Crippen molar-refractivity contribution in [2.45, 2.75) is 6.42 Å². The molecule has 2 rings (SSSR count). The van der Waals surface area contributed by atoms with Crippen molar-refractivity contribution < 1.29 is 4.79 Å². The third kappa shape index (κ3) is 3.91. The van der Waals surface area contributed by atoms with E-state index in [1.54, 1.807) is 35.6 Å². The van der Waals surface area contributed by atoms with Crippen molar-refractivity contribution in [2.24, 2.45) is 0 Å². The Bertz CT molecular complexity index is 613. The second-order valence-corrected chi connectivity index (χ2v) is 6.45. The van der Waals surface area contributed by atoms with Gasteiger partial charge in [-0.15, -0.1) is 11.3 Å². The summed E-state index contributed by atoms with van der Waals surface area (Å²) in [6.45, 7) is 0.603. The van der Waals surface area contributed by atoms with E-state index < -0.39 is 0 Å². The van der Waals surface area contributed by atoms with Gasteiger partial charge in [-0.05, 0) is 58.7 Å². The van der Waals surface area contributed by atoms with Gasteiger partial charge in [-0.2, -0.15) is 5.26 Å². The van der Waals surface area contributed by atoms with Crippen molar-refractivity contribution in [1.82, 2.24) is 5.32 Å². The highest BCUT2D eigenvalue weighted by atomic mass is 79.9. The number of rotatable bonds is 4. The van der Waals surface area contributed by atoms with Crippen LogP contribution in [0.3, 0.4) is 0 Å². The summed E-state index contributed by atoms with van der Waals surface area (Å²) in [6, 6.07) is 12.7. The first-order valence-electron chi connectivity index (χ1n) is 5.71. The topological polar surface area (TPSA) is 52.9 Å². The number of benzene rings is 1. The molecular weight excluding hydrogens is 324 g/mol. The van der Waals surface area contributed by atoms with Gasteiger partial charge in [0, 0.05) is 17.0 Å². The zero-order chi connectivity index (χ0) is 13.7. The highest BCUT2D eigenvalue weighted by molar-refractivity contribution is 9.11. The number of halogens is 1. The third-order valence-electron chi connectivity index (χ3n) is 2.56. The molecule has 1 heterocycles. The van der Waals surface area contributed by atoms with Gasteiger partial charge in [-0.25, -0.2) is 0 Å². The molecule has 0 unspecified atom stereocenters. The predicted molar refractivity (Wildman–Crippen MR) is 79.2 cm³/mol. The van der Waals surface area contributed by atoms with Crippen LogP contribution in [-0.4, -0.2) is 12.5 Å². The van der Waals surface area contributed by atoms with E-state index >= 15 is 0 Å². The lowest BCUT2D eigenvalue weighted by atomic mass is 10.1. The second kappa shape index (κ2) is 6.50. The first-order valence-corrected chi connectivity index (χ1v) is 7.32. The average molecular weight is 335 g/mol. The zero-order valence-electron chi connectivity index (χ0n) is 10.0. The Morgan fingerprint density at radius 3 is 2.58 bits per heavy atom. The number of hydrogen-bond acceptors (Lipinski definition) is 3. The van der Waals surface area contributed by atoms with Crippen LogP contribution in [0, 0.1) is 11.3 Å². The van der Waals surface area contributed by atoms with E-state index in [0.717, 1.165) is 10.2 Å². The van der Waals surface area contributed by atoms with Crippen molar-refractivity contribution >= 4 is 33.2 Å². The lowest BCUT2D eigenvalue weighted by molar-refractivity contribution is 0.0954. The Kier molecular flexibility index (Phi) is 4.72. The van der Waals surface area contributed by atoms with Gasteiger partial charge in [-0.1, -0.05) is 0 Å². The molecule has 0 saturated carbocycles. The van der Waals surface area contributed by atoms with Crippen LogP contribution < -0.4 is 5.32 Å². The molecule has 0 spiro atoms.